The topological polar surface area (TPSA) is 62.6 Å². The first-order valence-corrected chi connectivity index (χ1v) is 7.06. The molecule has 5 nitrogen and oxygen atoms in total. The molecule has 116 valence electrons. The quantitative estimate of drug-likeness (QED) is 0.943. The molecular formula is C17H20N2O3. The number of furan rings is 1. The summed E-state index contributed by atoms with van der Waals surface area (Å²) in [6.07, 6.45) is 0. The van der Waals surface area contributed by atoms with Gasteiger partial charge in [-0.2, -0.15) is 0 Å². The Morgan fingerprint density at radius 1 is 1.18 bits per heavy atom. The number of amides is 2. The van der Waals surface area contributed by atoms with Crippen molar-refractivity contribution in [3.63, 3.8) is 0 Å². The van der Waals surface area contributed by atoms with Crippen LogP contribution in [-0.2, 0) is 6.54 Å². The number of benzene rings is 1. The van der Waals surface area contributed by atoms with E-state index in [1.807, 2.05) is 19.1 Å². The largest absolute Gasteiger partial charge is 0.466 e. The second-order valence-corrected chi connectivity index (χ2v) is 5.26. The minimum atomic E-state index is -0.125. The summed E-state index contributed by atoms with van der Waals surface area (Å²) >= 11 is 0. The number of nitrogens with zero attached hydrogens (tertiary/aromatic N) is 1. The van der Waals surface area contributed by atoms with Crippen LogP contribution in [0.2, 0.25) is 0 Å². The van der Waals surface area contributed by atoms with Crippen LogP contribution in [0.3, 0.4) is 0 Å². The summed E-state index contributed by atoms with van der Waals surface area (Å²) in [5, 5.41) is 2.58. The molecule has 22 heavy (non-hydrogen) atoms. The molecule has 0 bridgehead atoms. The zero-order chi connectivity index (χ0) is 16.3. The molecule has 1 aromatic heterocycles. The monoisotopic (exact) mass is 300 g/mol. The number of rotatable bonds is 4. The second kappa shape index (κ2) is 6.47. The molecule has 1 N–H and O–H groups in total. The van der Waals surface area contributed by atoms with Gasteiger partial charge in [0.15, 0.2) is 0 Å². The van der Waals surface area contributed by atoms with Gasteiger partial charge in [0.1, 0.15) is 11.5 Å². The normalized spacial score (nSPS) is 10.4. The third kappa shape index (κ3) is 3.36. The lowest BCUT2D eigenvalue weighted by molar-refractivity contribution is 0.0783. The fourth-order valence-electron chi connectivity index (χ4n) is 2.30. The van der Waals surface area contributed by atoms with Crippen LogP contribution in [0.1, 0.15) is 37.8 Å². The summed E-state index contributed by atoms with van der Waals surface area (Å²) in [4.78, 5) is 25.5. The van der Waals surface area contributed by atoms with Gasteiger partial charge in [0.25, 0.3) is 11.8 Å². The van der Waals surface area contributed by atoms with E-state index in [-0.39, 0.29) is 11.8 Å². The lowest BCUT2D eigenvalue weighted by atomic mass is 10.1. The van der Waals surface area contributed by atoms with E-state index in [0.29, 0.717) is 23.4 Å². The SMILES string of the molecule is CNC(=O)c1ccc(CN(C)C(=O)c2cc(C)oc2C)cc1. The van der Waals surface area contributed by atoms with Crippen molar-refractivity contribution in [3.05, 3.63) is 58.5 Å². The summed E-state index contributed by atoms with van der Waals surface area (Å²) < 4.78 is 5.40. The van der Waals surface area contributed by atoms with Gasteiger partial charge < -0.3 is 14.6 Å². The van der Waals surface area contributed by atoms with Gasteiger partial charge in [0.2, 0.25) is 0 Å². The summed E-state index contributed by atoms with van der Waals surface area (Å²) in [5.74, 6) is 1.15. The molecule has 0 aliphatic rings. The lowest BCUT2D eigenvalue weighted by Crippen LogP contribution is -2.26. The van der Waals surface area contributed by atoms with Crippen LogP contribution in [0, 0.1) is 13.8 Å². The molecule has 0 aliphatic carbocycles. The van der Waals surface area contributed by atoms with E-state index >= 15 is 0 Å². The predicted octanol–water partition coefficient (Wildman–Crippen LogP) is 2.53. The lowest BCUT2D eigenvalue weighted by Gasteiger charge is -2.17. The average molecular weight is 300 g/mol. The third-order valence-electron chi connectivity index (χ3n) is 3.48. The van der Waals surface area contributed by atoms with Crippen LogP contribution < -0.4 is 5.32 Å². The van der Waals surface area contributed by atoms with Crippen LogP contribution in [0.4, 0.5) is 0 Å². The van der Waals surface area contributed by atoms with Crippen LogP contribution >= 0.6 is 0 Å². The van der Waals surface area contributed by atoms with Gasteiger partial charge in [-0.15, -0.1) is 0 Å². The zero-order valence-electron chi connectivity index (χ0n) is 13.3. The number of hydrogen-bond donors (Lipinski definition) is 1. The molecule has 0 saturated heterocycles. The Bertz CT molecular complexity index is 686. The molecule has 0 saturated carbocycles. The van der Waals surface area contributed by atoms with Crippen LogP contribution in [-0.4, -0.2) is 30.8 Å². The first-order valence-electron chi connectivity index (χ1n) is 7.06. The van der Waals surface area contributed by atoms with Crippen molar-refractivity contribution in [1.82, 2.24) is 10.2 Å². The van der Waals surface area contributed by atoms with Gasteiger partial charge in [-0.25, -0.2) is 0 Å². The molecule has 0 fully saturated rings. The highest BCUT2D eigenvalue weighted by Crippen LogP contribution is 2.17. The third-order valence-corrected chi connectivity index (χ3v) is 3.48. The van der Waals surface area contributed by atoms with E-state index in [4.69, 9.17) is 4.42 Å². The molecule has 0 unspecified atom stereocenters. The zero-order valence-corrected chi connectivity index (χ0v) is 13.3. The maximum absolute atomic E-state index is 12.4. The molecular weight excluding hydrogens is 280 g/mol. The van der Waals surface area contributed by atoms with Gasteiger partial charge in [0.05, 0.1) is 5.56 Å². The minimum Gasteiger partial charge on any atom is -0.466 e. The standard InChI is InChI=1S/C17H20N2O3/c1-11-9-15(12(2)22-11)17(21)19(4)10-13-5-7-14(8-6-13)16(20)18-3/h5-9H,10H2,1-4H3,(H,18,20). The van der Waals surface area contributed by atoms with Crippen molar-refractivity contribution in [1.29, 1.82) is 0 Å². The Kier molecular flexibility index (Phi) is 4.65. The van der Waals surface area contributed by atoms with E-state index < -0.39 is 0 Å². The maximum Gasteiger partial charge on any atom is 0.257 e. The molecule has 0 radical (unpaired) electrons. The molecule has 2 amide bonds. The highest BCUT2D eigenvalue weighted by atomic mass is 16.3. The Morgan fingerprint density at radius 2 is 1.82 bits per heavy atom. The molecule has 5 heteroatoms. The van der Waals surface area contributed by atoms with Crippen molar-refractivity contribution in [3.8, 4) is 0 Å². The van der Waals surface area contributed by atoms with Crippen molar-refractivity contribution in [2.75, 3.05) is 14.1 Å². The molecule has 0 atom stereocenters. The Labute approximate surface area is 129 Å². The number of hydrogen-bond acceptors (Lipinski definition) is 3. The number of carbonyl (C=O) groups is 2. The van der Waals surface area contributed by atoms with Gasteiger partial charge in [-0.3, -0.25) is 9.59 Å². The molecule has 2 rings (SSSR count). The molecule has 1 heterocycles. The van der Waals surface area contributed by atoms with Crippen molar-refractivity contribution in [2.45, 2.75) is 20.4 Å². The van der Waals surface area contributed by atoms with Gasteiger partial charge >= 0.3 is 0 Å². The number of carbonyl (C=O) groups excluding carboxylic acids is 2. The second-order valence-electron chi connectivity index (χ2n) is 5.26. The minimum absolute atomic E-state index is 0.0790. The first-order chi connectivity index (χ1) is 10.4. The Hall–Kier alpha value is -2.56. The Morgan fingerprint density at radius 3 is 2.32 bits per heavy atom. The average Bonchev–Trinajstić information content (AvgIpc) is 2.85. The van der Waals surface area contributed by atoms with Crippen LogP contribution in [0.15, 0.2) is 34.7 Å². The van der Waals surface area contributed by atoms with Crippen LogP contribution in [0.5, 0.6) is 0 Å². The summed E-state index contributed by atoms with van der Waals surface area (Å²) in [7, 11) is 3.34. The van der Waals surface area contributed by atoms with Gasteiger partial charge in [-0.05, 0) is 37.6 Å². The van der Waals surface area contributed by atoms with Crippen molar-refractivity contribution < 1.29 is 14.0 Å². The highest BCUT2D eigenvalue weighted by molar-refractivity contribution is 5.95. The van der Waals surface area contributed by atoms with Crippen molar-refractivity contribution >= 4 is 11.8 Å². The van der Waals surface area contributed by atoms with Gasteiger partial charge in [0, 0.05) is 26.2 Å². The van der Waals surface area contributed by atoms with Crippen molar-refractivity contribution in [2.24, 2.45) is 0 Å². The van der Waals surface area contributed by atoms with E-state index in [1.165, 1.54) is 0 Å². The highest BCUT2D eigenvalue weighted by Gasteiger charge is 2.17. The fraction of sp³-hybridized carbons (Fsp3) is 0.294. The fourth-order valence-corrected chi connectivity index (χ4v) is 2.30. The molecule has 0 aliphatic heterocycles. The summed E-state index contributed by atoms with van der Waals surface area (Å²) in [6.45, 7) is 4.07. The van der Waals surface area contributed by atoms with Gasteiger partial charge in [-0.1, -0.05) is 12.1 Å². The summed E-state index contributed by atoms with van der Waals surface area (Å²) in [6, 6.07) is 8.95. The molecule has 0 spiro atoms. The first kappa shape index (κ1) is 15.8. The maximum atomic E-state index is 12.4. The predicted molar refractivity (Wildman–Crippen MR) is 83.8 cm³/mol. The van der Waals surface area contributed by atoms with Crippen LogP contribution in [0.25, 0.3) is 0 Å². The van der Waals surface area contributed by atoms with E-state index in [1.54, 1.807) is 44.1 Å². The molecule has 1 aromatic carbocycles. The smallest absolute Gasteiger partial charge is 0.257 e. The van der Waals surface area contributed by atoms with E-state index in [2.05, 4.69) is 5.32 Å². The number of nitrogens with one attached hydrogen (secondary N) is 1. The molecule has 2 aromatic rings. The van der Waals surface area contributed by atoms with E-state index in [9.17, 15) is 9.59 Å². The Balaban J connectivity index is 2.08. The van der Waals surface area contributed by atoms with E-state index in [0.717, 1.165) is 11.3 Å². The number of aryl methyl sites for hydroxylation is 2. The summed E-state index contributed by atoms with van der Waals surface area (Å²) in [5.41, 5.74) is 2.14.